The molecule has 0 aliphatic carbocycles. The molecule has 0 amide bonds. The van der Waals surface area contributed by atoms with Crippen molar-refractivity contribution in [2.75, 3.05) is 13.2 Å². The molecule has 0 aromatic carbocycles. The summed E-state index contributed by atoms with van der Waals surface area (Å²) in [6.07, 6.45) is 3.07. The van der Waals surface area contributed by atoms with E-state index >= 15 is 0 Å². The van der Waals surface area contributed by atoms with Gasteiger partial charge in [-0.2, -0.15) is 0 Å². The van der Waals surface area contributed by atoms with E-state index in [0.29, 0.717) is 12.1 Å². The van der Waals surface area contributed by atoms with E-state index in [2.05, 4.69) is 5.32 Å². The molecule has 2 nitrogen and oxygen atoms in total. The summed E-state index contributed by atoms with van der Waals surface area (Å²) in [5.74, 6) is 0. The van der Waals surface area contributed by atoms with Crippen LogP contribution in [0.25, 0.3) is 0 Å². The lowest BCUT2D eigenvalue weighted by atomic mass is 10.1. The molecule has 8 heavy (non-hydrogen) atoms. The molecule has 0 unspecified atom stereocenters. The Hall–Kier alpha value is -0.0800. The third kappa shape index (κ3) is 0.644. The van der Waals surface area contributed by atoms with Crippen molar-refractivity contribution in [2.24, 2.45) is 0 Å². The van der Waals surface area contributed by atoms with Gasteiger partial charge >= 0.3 is 0 Å². The maximum atomic E-state index is 5.41. The van der Waals surface area contributed by atoms with Crippen molar-refractivity contribution in [3.63, 3.8) is 0 Å². The van der Waals surface area contributed by atoms with Crippen molar-refractivity contribution in [3.05, 3.63) is 0 Å². The molecule has 2 fully saturated rings. The summed E-state index contributed by atoms with van der Waals surface area (Å²) in [6, 6.07) is 0.689. The van der Waals surface area contributed by atoms with Crippen LogP contribution in [0.15, 0.2) is 0 Å². The van der Waals surface area contributed by atoms with E-state index in [4.69, 9.17) is 4.74 Å². The molecule has 46 valence electrons. The molecule has 0 saturated carbocycles. The first-order valence-electron chi connectivity index (χ1n) is 3.30. The molecular weight excluding hydrogens is 102 g/mol. The molecule has 2 heterocycles. The first-order valence-corrected chi connectivity index (χ1v) is 3.30. The van der Waals surface area contributed by atoms with Crippen molar-refractivity contribution in [3.8, 4) is 0 Å². The number of rotatable bonds is 0. The maximum Gasteiger partial charge on any atom is 0.0624 e. The van der Waals surface area contributed by atoms with E-state index in [1.807, 2.05) is 0 Å². The quantitative estimate of drug-likeness (QED) is 0.482. The van der Waals surface area contributed by atoms with E-state index in [1.165, 1.54) is 12.8 Å². The average molecular weight is 113 g/mol. The molecule has 0 aromatic heterocycles. The lowest BCUT2D eigenvalue weighted by Gasteiger charge is -2.16. The zero-order valence-electron chi connectivity index (χ0n) is 4.89. The largest absolute Gasteiger partial charge is 0.376 e. The lowest BCUT2D eigenvalue weighted by Crippen LogP contribution is -2.34. The normalized spacial score (nSPS) is 45.0. The minimum Gasteiger partial charge on any atom is -0.376 e. The fourth-order valence-corrected chi connectivity index (χ4v) is 1.50. The van der Waals surface area contributed by atoms with Crippen LogP contribution in [0.1, 0.15) is 12.8 Å². The summed E-state index contributed by atoms with van der Waals surface area (Å²) < 4.78 is 5.41. The summed E-state index contributed by atoms with van der Waals surface area (Å²) >= 11 is 0. The second-order valence-corrected chi connectivity index (χ2v) is 2.63. The van der Waals surface area contributed by atoms with Crippen LogP contribution in [0.3, 0.4) is 0 Å². The highest BCUT2D eigenvalue weighted by Gasteiger charge is 2.28. The maximum absolute atomic E-state index is 5.41. The van der Waals surface area contributed by atoms with Crippen LogP contribution in [0.4, 0.5) is 0 Å². The van der Waals surface area contributed by atoms with Crippen LogP contribution in [0.2, 0.25) is 0 Å². The average Bonchev–Trinajstić information content (AvgIpc) is 2.12. The van der Waals surface area contributed by atoms with Gasteiger partial charge < -0.3 is 10.1 Å². The summed E-state index contributed by atoms with van der Waals surface area (Å²) in [5, 5.41) is 3.39. The van der Waals surface area contributed by atoms with Gasteiger partial charge in [0.15, 0.2) is 0 Å². The Kier molecular flexibility index (Phi) is 1.02. The standard InChI is InChI=1S/C6H11NO/c1-2-7-5-3-6(1)8-4-5/h5-7H,1-4H2/t5-,6+/m0/s1. The second-order valence-electron chi connectivity index (χ2n) is 2.63. The Morgan fingerprint density at radius 3 is 3.25 bits per heavy atom. The molecule has 2 heteroatoms. The monoisotopic (exact) mass is 113 g/mol. The molecule has 0 aromatic rings. The van der Waals surface area contributed by atoms with Crippen molar-refractivity contribution in [1.82, 2.24) is 5.32 Å². The molecular formula is C6H11NO. The van der Waals surface area contributed by atoms with E-state index in [9.17, 15) is 0 Å². The second kappa shape index (κ2) is 1.71. The minimum atomic E-state index is 0.598. The van der Waals surface area contributed by atoms with Crippen LogP contribution in [0.5, 0.6) is 0 Å². The molecule has 0 spiro atoms. The van der Waals surface area contributed by atoms with E-state index in [-0.39, 0.29) is 0 Å². The first kappa shape index (κ1) is 4.77. The van der Waals surface area contributed by atoms with Crippen LogP contribution in [0, 0.1) is 0 Å². The Morgan fingerprint density at radius 2 is 2.50 bits per heavy atom. The molecule has 2 aliphatic rings. The third-order valence-electron chi connectivity index (χ3n) is 1.98. The van der Waals surface area contributed by atoms with Crippen LogP contribution in [-0.2, 0) is 4.74 Å². The molecule has 2 atom stereocenters. The highest BCUT2D eigenvalue weighted by Crippen LogP contribution is 2.19. The van der Waals surface area contributed by atoms with E-state index in [1.54, 1.807) is 0 Å². The summed E-state index contributed by atoms with van der Waals surface area (Å²) in [5.41, 5.74) is 0. The fourth-order valence-electron chi connectivity index (χ4n) is 1.50. The number of nitrogens with one attached hydrogen (secondary N) is 1. The van der Waals surface area contributed by atoms with Gasteiger partial charge in [-0.25, -0.2) is 0 Å². The number of hydrogen-bond donors (Lipinski definition) is 1. The van der Waals surface area contributed by atoms with Gasteiger partial charge in [-0.15, -0.1) is 0 Å². The predicted octanol–water partition coefficient (Wildman–Crippen LogP) is 0.137. The van der Waals surface area contributed by atoms with Crippen LogP contribution >= 0.6 is 0 Å². The molecule has 2 aliphatic heterocycles. The van der Waals surface area contributed by atoms with Crippen LogP contribution < -0.4 is 5.32 Å². The SMILES string of the molecule is C1C[C@@H]2C[C@@H](CO2)N1. The Labute approximate surface area is 49.2 Å². The topological polar surface area (TPSA) is 21.3 Å². The minimum absolute atomic E-state index is 0.598. The molecule has 0 radical (unpaired) electrons. The number of piperidine rings is 1. The van der Waals surface area contributed by atoms with Gasteiger partial charge in [0.2, 0.25) is 0 Å². The van der Waals surface area contributed by atoms with E-state index in [0.717, 1.165) is 13.2 Å². The van der Waals surface area contributed by atoms with Gasteiger partial charge in [0, 0.05) is 6.04 Å². The lowest BCUT2D eigenvalue weighted by molar-refractivity contribution is 0.110. The van der Waals surface area contributed by atoms with Gasteiger partial charge in [0.05, 0.1) is 12.7 Å². The van der Waals surface area contributed by atoms with Gasteiger partial charge in [0.25, 0.3) is 0 Å². The van der Waals surface area contributed by atoms with Gasteiger partial charge in [0.1, 0.15) is 0 Å². The van der Waals surface area contributed by atoms with Crippen molar-refractivity contribution in [2.45, 2.75) is 25.0 Å². The molecule has 2 saturated heterocycles. The number of ether oxygens (including phenoxy) is 1. The Balaban J connectivity index is 2.03. The predicted molar refractivity (Wildman–Crippen MR) is 30.8 cm³/mol. The molecule has 1 N–H and O–H groups in total. The van der Waals surface area contributed by atoms with Crippen LogP contribution in [-0.4, -0.2) is 25.3 Å². The highest BCUT2D eigenvalue weighted by atomic mass is 16.5. The molecule has 2 rings (SSSR count). The van der Waals surface area contributed by atoms with Crippen molar-refractivity contribution in [1.29, 1.82) is 0 Å². The zero-order chi connectivity index (χ0) is 5.40. The smallest absolute Gasteiger partial charge is 0.0624 e. The van der Waals surface area contributed by atoms with Crippen molar-refractivity contribution < 1.29 is 4.74 Å². The summed E-state index contributed by atoms with van der Waals surface area (Å²) in [6.45, 7) is 2.11. The molecule has 2 bridgehead atoms. The van der Waals surface area contributed by atoms with Gasteiger partial charge in [-0.05, 0) is 19.4 Å². The fraction of sp³-hybridized carbons (Fsp3) is 1.00. The zero-order valence-corrected chi connectivity index (χ0v) is 4.89. The number of hydrogen-bond acceptors (Lipinski definition) is 2. The number of fused-ring (bicyclic) bond motifs is 2. The van der Waals surface area contributed by atoms with Gasteiger partial charge in [-0.3, -0.25) is 0 Å². The summed E-state index contributed by atoms with van der Waals surface area (Å²) in [4.78, 5) is 0. The first-order chi connectivity index (χ1) is 3.95. The van der Waals surface area contributed by atoms with Crippen molar-refractivity contribution >= 4 is 0 Å². The van der Waals surface area contributed by atoms with Gasteiger partial charge in [-0.1, -0.05) is 0 Å². The summed E-state index contributed by atoms with van der Waals surface area (Å²) in [7, 11) is 0. The van der Waals surface area contributed by atoms with E-state index < -0.39 is 0 Å². The highest BCUT2D eigenvalue weighted by molar-refractivity contribution is 4.83. The third-order valence-corrected chi connectivity index (χ3v) is 1.98. The Bertz CT molecular complexity index is 80.5. The Morgan fingerprint density at radius 1 is 1.50 bits per heavy atom.